The van der Waals surface area contributed by atoms with Crippen LogP contribution in [0.4, 0.5) is 0 Å². The summed E-state index contributed by atoms with van der Waals surface area (Å²) in [6.45, 7) is 16.7. The lowest BCUT2D eigenvalue weighted by molar-refractivity contribution is 0.282. The predicted octanol–water partition coefficient (Wildman–Crippen LogP) is 7.33. The van der Waals surface area contributed by atoms with Crippen LogP contribution in [0.5, 0.6) is 0 Å². The molecule has 122 valence electrons. The van der Waals surface area contributed by atoms with E-state index in [-0.39, 0.29) is 0 Å². The summed E-state index contributed by atoms with van der Waals surface area (Å²) in [5.41, 5.74) is 0. The summed E-state index contributed by atoms with van der Waals surface area (Å²) >= 11 is 0. The summed E-state index contributed by atoms with van der Waals surface area (Å²) in [5, 5.41) is 0. The second-order valence-electron chi connectivity index (χ2n) is 8.10. The third kappa shape index (κ3) is 10.7. The van der Waals surface area contributed by atoms with Crippen LogP contribution in [-0.4, -0.2) is 0 Å². The van der Waals surface area contributed by atoms with E-state index in [9.17, 15) is 0 Å². The lowest BCUT2D eigenvalue weighted by Crippen LogP contribution is -2.12. The smallest absolute Gasteiger partial charge is 0.0391 e. The minimum atomic E-state index is 0.862. The van der Waals surface area contributed by atoms with E-state index in [4.69, 9.17) is 0 Å². The SMILES string of the molecule is CCC(C)CCCC(C)CCC(CCC(C)C)C(C)C. The Morgan fingerprint density at radius 3 is 1.65 bits per heavy atom. The van der Waals surface area contributed by atoms with E-state index in [0.717, 1.165) is 29.6 Å². The monoisotopic (exact) mass is 282 g/mol. The molecule has 0 saturated carbocycles. The molecule has 0 amide bonds. The van der Waals surface area contributed by atoms with Crippen LogP contribution in [0.15, 0.2) is 0 Å². The highest BCUT2D eigenvalue weighted by Gasteiger charge is 2.15. The Morgan fingerprint density at radius 1 is 0.600 bits per heavy atom. The molecule has 0 heteroatoms. The fourth-order valence-corrected chi connectivity index (χ4v) is 3.02. The minimum absolute atomic E-state index is 0.862. The Balaban J connectivity index is 3.84. The van der Waals surface area contributed by atoms with Crippen molar-refractivity contribution >= 4 is 0 Å². The second kappa shape index (κ2) is 11.6. The summed E-state index contributed by atoms with van der Waals surface area (Å²) in [6, 6.07) is 0. The van der Waals surface area contributed by atoms with Gasteiger partial charge in [-0.15, -0.1) is 0 Å². The molecule has 0 fully saturated rings. The molecule has 0 aromatic carbocycles. The maximum atomic E-state index is 2.47. The van der Waals surface area contributed by atoms with E-state index in [1.54, 1.807) is 0 Å². The summed E-state index contributed by atoms with van der Waals surface area (Å²) < 4.78 is 0. The highest BCUT2D eigenvalue weighted by Crippen LogP contribution is 2.28. The number of rotatable bonds is 12. The molecule has 0 aliphatic heterocycles. The minimum Gasteiger partial charge on any atom is -0.0651 e. The molecule has 0 spiro atoms. The van der Waals surface area contributed by atoms with Gasteiger partial charge in [0, 0.05) is 0 Å². The van der Waals surface area contributed by atoms with Crippen molar-refractivity contribution in [1.29, 1.82) is 0 Å². The van der Waals surface area contributed by atoms with Crippen LogP contribution in [0.3, 0.4) is 0 Å². The summed E-state index contributed by atoms with van der Waals surface area (Å²) in [7, 11) is 0. The van der Waals surface area contributed by atoms with Crippen molar-refractivity contribution < 1.29 is 0 Å². The van der Waals surface area contributed by atoms with Crippen LogP contribution in [-0.2, 0) is 0 Å². The number of hydrogen-bond acceptors (Lipinski definition) is 0. The first-order chi connectivity index (χ1) is 9.36. The third-order valence-corrected chi connectivity index (χ3v) is 5.18. The van der Waals surface area contributed by atoms with Crippen molar-refractivity contribution in [1.82, 2.24) is 0 Å². The first-order valence-corrected chi connectivity index (χ1v) is 9.36. The topological polar surface area (TPSA) is 0 Å². The van der Waals surface area contributed by atoms with Gasteiger partial charge in [0.25, 0.3) is 0 Å². The van der Waals surface area contributed by atoms with Crippen molar-refractivity contribution in [3.63, 3.8) is 0 Å². The molecule has 3 unspecified atom stereocenters. The van der Waals surface area contributed by atoms with Gasteiger partial charge in [-0.05, 0) is 42.4 Å². The largest absolute Gasteiger partial charge is 0.0651 e. The molecule has 3 atom stereocenters. The van der Waals surface area contributed by atoms with Crippen LogP contribution in [0, 0.1) is 29.6 Å². The zero-order valence-electron chi connectivity index (χ0n) is 15.5. The van der Waals surface area contributed by atoms with Gasteiger partial charge in [0.05, 0.1) is 0 Å². The van der Waals surface area contributed by atoms with Gasteiger partial charge in [0.15, 0.2) is 0 Å². The zero-order valence-corrected chi connectivity index (χ0v) is 15.5. The Kier molecular flexibility index (Phi) is 11.6. The van der Waals surface area contributed by atoms with Gasteiger partial charge in [-0.25, -0.2) is 0 Å². The maximum absolute atomic E-state index is 2.47. The van der Waals surface area contributed by atoms with Gasteiger partial charge in [0.2, 0.25) is 0 Å². The lowest BCUT2D eigenvalue weighted by atomic mass is 9.82. The Hall–Kier alpha value is 0. The Morgan fingerprint density at radius 2 is 1.15 bits per heavy atom. The Labute approximate surface area is 130 Å². The molecule has 0 rings (SSSR count). The summed E-state index contributed by atoms with van der Waals surface area (Å²) in [6.07, 6.45) is 11.4. The first-order valence-electron chi connectivity index (χ1n) is 9.36. The zero-order chi connectivity index (χ0) is 15.5. The maximum Gasteiger partial charge on any atom is -0.0391 e. The first kappa shape index (κ1) is 20.0. The predicted molar refractivity (Wildman–Crippen MR) is 94.1 cm³/mol. The van der Waals surface area contributed by atoms with E-state index in [1.165, 1.54) is 51.4 Å². The molecular formula is C20H42. The van der Waals surface area contributed by atoms with Gasteiger partial charge < -0.3 is 0 Å². The molecule has 0 saturated heterocycles. The van der Waals surface area contributed by atoms with Crippen LogP contribution < -0.4 is 0 Å². The highest BCUT2D eigenvalue weighted by atomic mass is 14.2. The second-order valence-corrected chi connectivity index (χ2v) is 8.10. The average Bonchev–Trinajstić information content (AvgIpc) is 2.37. The highest BCUT2D eigenvalue weighted by molar-refractivity contribution is 4.67. The fraction of sp³-hybridized carbons (Fsp3) is 1.00. The van der Waals surface area contributed by atoms with Gasteiger partial charge >= 0.3 is 0 Å². The van der Waals surface area contributed by atoms with Gasteiger partial charge in [-0.2, -0.15) is 0 Å². The van der Waals surface area contributed by atoms with Crippen LogP contribution >= 0.6 is 0 Å². The number of hydrogen-bond donors (Lipinski definition) is 0. The molecule has 0 radical (unpaired) electrons. The van der Waals surface area contributed by atoms with E-state index in [2.05, 4.69) is 48.5 Å². The molecule has 0 N–H and O–H groups in total. The molecule has 0 aromatic heterocycles. The molecular weight excluding hydrogens is 240 g/mol. The van der Waals surface area contributed by atoms with Crippen molar-refractivity contribution in [2.24, 2.45) is 29.6 Å². The molecule has 0 aromatic rings. The summed E-state index contributed by atoms with van der Waals surface area (Å²) in [5.74, 6) is 4.54. The lowest BCUT2D eigenvalue weighted by Gasteiger charge is -2.23. The van der Waals surface area contributed by atoms with E-state index < -0.39 is 0 Å². The molecule has 0 aliphatic rings. The molecule has 0 heterocycles. The fourth-order valence-electron chi connectivity index (χ4n) is 3.02. The van der Waals surface area contributed by atoms with Crippen molar-refractivity contribution in [3.8, 4) is 0 Å². The molecule has 0 nitrogen and oxygen atoms in total. The Bertz CT molecular complexity index is 204. The van der Waals surface area contributed by atoms with E-state index in [0.29, 0.717) is 0 Å². The van der Waals surface area contributed by atoms with Gasteiger partial charge in [0.1, 0.15) is 0 Å². The molecule has 0 bridgehead atoms. The van der Waals surface area contributed by atoms with E-state index >= 15 is 0 Å². The van der Waals surface area contributed by atoms with Crippen LogP contribution in [0.1, 0.15) is 99.8 Å². The average molecular weight is 283 g/mol. The quantitative estimate of drug-likeness (QED) is 0.351. The van der Waals surface area contributed by atoms with E-state index in [1.807, 2.05) is 0 Å². The van der Waals surface area contributed by atoms with Crippen molar-refractivity contribution in [3.05, 3.63) is 0 Å². The van der Waals surface area contributed by atoms with Crippen LogP contribution in [0.25, 0.3) is 0 Å². The summed E-state index contributed by atoms with van der Waals surface area (Å²) in [4.78, 5) is 0. The third-order valence-electron chi connectivity index (χ3n) is 5.18. The van der Waals surface area contributed by atoms with Gasteiger partial charge in [-0.1, -0.05) is 87.0 Å². The standard InChI is InChI=1S/C20H42/c1-8-18(6)10-9-11-19(7)13-15-20(17(4)5)14-12-16(2)3/h16-20H,8-15H2,1-7H3. The van der Waals surface area contributed by atoms with Crippen LogP contribution in [0.2, 0.25) is 0 Å². The van der Waals surface area contributed by atoms with Crippen molar-refractivity contribution in [2.75, 3.05) is 0 Å². The normalized spacial score (nSPS) is 16.6. The molecule has 0 aliphatic carbocycles. The van der Waals surface area contributed by atoms with Crippen molar-refractivity contribution in [2.45, 2.75) is 99.8 Å². The van der Waals surface area contributed by atoms with Gasteiger partial charge in [-0.3, -0.25) is 0 Å². The molecule has 20 heavy (non-hydrogen) atoms.